The molecular formula is C19H23N3O. The van der Waals surface area contributed by atoms with Gasteiger partial charge in [0.05, 0.1) is 11.4 Å². The number of hydrogen-bond acceptors (Lipinski definition) is 4. The Bertz CT molecular complexity index is 647. The van der Waals surface area contributed by atoms with E-state index < -0.39 is 0 Å². The van der Waals surface area contributed by atoms with Crippen molar-refractivity contribution in [2.75, 3.05) is 13.6 Å². The lowest BCUT2D eigenvalue weighted by atomic mass is 9.89. The van der Waals surface area contributed by atoms with Crippen LogP contribution in [0.25, 0.3) is 5.70 Å². The van der Waals surface area contributed by atoms with E-state index in [2.05, 4.69) is 39.9 Å². The maximum atomic E-state index is 10.7. The van der Waals surface area contributed by atoms with E-state index in [0.717, 1.165) is 30.8 Å². The summed E-state index contributed by atoms with van der Waals surface area (Å²) >= 11 is 0. The third kappa shape index (κ3) is 3.54. The number of pyridine rings is 1. The summed E-state index contributed by atoms with van der Waals surface area (Å²) in [6.45, 7) is 0.767. The fraction of sp³-hybridized carbons (Fsp3) is 0.316. The molecule has 2 unspecified atom stereocenters. The maximum Gasteiger partial charge on any atom is 0.122 e. The molecule has 1 saturated heterocycles. The van der Waals surface area contributed by atoms with Crippen LogP contribution in [0.4, 0.5) is 0 Å². The Morgan fingerprint density at radius 1 is 1.13 bits per heavy atom. The van der Waals surface area contributed by atoms with Gasteiger partial charge in [-0.25, -0.2) is 0 Å². The molecule has 2 aromatic rings. The highest BCUT2D eigenvalue weighted by Crippen LogP contribution is 2.30. The van der Waals surface area contributed by atoms with Crippen LogP contribution in [0.2, 0.25) is 0 Å². The Balaban J connectivity index is 1.72. The molecule has 1 aliphatic rings. The maximum absolute atomic E-state index is 10.7. The fourth-order valence-electron chi connectivity index (χ4n) is 3.16. The van der Waals surface area contributed by atoms with E-state index >= 15 is 0 Å². The number of benzene rings is 1. The van der Waals surface area contributed by atoms with Gasteiger partial charge in [-0.05, 0) is 30.5 Å². The number of nitrogens with zero attached hydrogens (tertiary/aromatic N) is 1. The van der Waals surface area contributed by atoms with E-state index in [1.807, 2.05) is 31.3 Å². The first kappa shape index (κ1) is 15.6. The van der Waals surface area contributed by atoms with Gasteiger partial charge in [-0.15, -0.1) is 0 Å². The third-order valence-electron chi connectivity index (χ3n) is 4.43. The van der Waals surface area contributed by atoms with Crippen molar-refractivity contribution in [3.05, 3.63) is 71.7 Å². The van der Waals surface area contributed by atoms with Crippen molar-refractivity contribution in [3.8, 4) is 0 Å². The van der Waals surface area contributed by atoms with Gasteiger partial charge in [-0.1, -0.05) is 36.4 Å². The van der Waals surface area contributed by atoms with Crippen molar-refractivity contribution >= 4 is 5.70 Å². The first-order valence-corrected chi connectivity index (χ1v) is 8.10. The van der Waals surface area contributed by atoms with E-state index in [1.165, 1.54) is 5.56 Å². The van der Waals surface area contributed by atoms with Gasteiger partial charge in [0, 0.05) is 31.7 Å². The number of rotatable bonds is 4. The van der Waals surface area contributed by atoms with Crippen molar-refractivity contribution in [1.82, 2.24) is 15.6 Å². The predicted molar refractivity (Wildman–Crippen MR) is 92.8 cm³/mol. The van der Waals surface area contributed by atoms with Crippen molar-refractivity contribution < 1.29 is 5.11 Å². The van der Waals surface area contributed by atoms with Crippen LogP contribution in [0.3, 0.4) is 0 Å². The van der Waals surface area contributed by atoms with Gasteiger partial charge in [0.1, 0.15) is 5.76 Å². The van der Waals surface area contributed by atoms with E-state index in [0.29, 0.717) is 11.8 Å². The zero-order valence-corrected chi connectivity index (χ0v) is 13.4. The second-order valence-electron chi connectivity index (χ2n) is 5.87. The molecule has 1 aromatic carbocycles. The lowest BCUT2D eigenvalue weighted by molar-refractivity contribution is 0.260. The van der Waals surface area contributed by atoms with Crippen LogP contribution in [0.15, 0.2) is 60.5 Å². The van der Waals surface area contributed by atoms with Crippen LogP contribution in [-0.4, -0.2) is 23.7 Å². The second kappa shape index (κ2) is 7.29. The lowest BCUT2D eigenvalue weighted by Gasteiger charge is -2.30. The predicted octanol–water partition coefficient (Wildman–Crippen LogP) is 3.27. The molecule has 0 bridgehead atoms. The van der Waals surface area contributed by atoms with Crippen LogP contribution in [0.5, 0.6) is 0 Å². The number of aromatic nitrogens is 1. The molecule has 3 rings (SSSR count). The molecule has 0 aliphatic carbocycles. The topological polar surface area (TPSA) is 57.2 Å². The largest absolute Gasteiger partial charge is 0.510 e. The highest BCUT2D eigenvalue weighted by atomic mass is 16.3. The Labute approximate surface area is 137 Å². The van der Waals surface area contributed by atoms with Gasteiger partial charge in [0.25, 0.3) is 0 Å². The molecule has 1 aromatic heterocycles. The number of piperidine rings is 1. The summed E-state index contributed by atoms with van der Waals surface area (Å²) < 4.78 is 0. The first-order valence-electron chi connectivity index (χ1n) is 8.10. The minimum absolute atomic E-state index is 0.111. The quantitative estimate of drug-likeness (QED) is 0.759. The lowest BCUT2D eigenvalue weighted by Crippen LogP contribution is -2.34. The smallest absolute Gasteiger partial charge is 0.122 e. The van der Waals surface area contributed by atoms with Crippen molar-refractivity contribution in [2.24, 2.45) is 5.92 Å². The molecule has 120 valence electrons. The fourth-order valence-corrected chi connectivity index (χ4v) is 3.16. The van der Waals surface area contributed by atoms with E-state index in [9.17, 15) is 5.11 Å². The summed E-state index contributed by atoms with van der Waals surface area (Å²) in [7, 11) is 1.82. The van der Waals surface area contributed by atoms with E-state index in [1.54, 1.807) is 6.20 Å². The van der Waals surface area contributed by atoms with Gasteiger partial charge in [-0.3, -0.25) is 4.98 Å². The molecule has 0 radical (unpaired) electrons. The van der Waals surface area contributed by atoms with Crippen molar-refractivity contribution in [3.63, 3.8) is 0 Å². The van der Waals surface area contributed by atoms with Crippen molar-refractivity contribution in [2.45, 2.75) is 18.9 Å². The van der Waals surface area contributed by atoms with E-state index in [-0.39, 0.29) is 5.92 Å². The molecule has 3 N–H and O–H groups in total. The van der Waals surface area contributed by atoms with E-state index in [4.69, 9.17) is 0 Å². The van der Waals surface area contributed by atoms with Crippen LogP contribution < -0.4 is 10.6 Å². The standard InChI is InChI=1S/C19H23N3O/c1-20-18(17-9-5-6-12-21-17)19(23)15-10-11-16(22-13-15)14-7-3-2-4-8-14/h2-9,12,15-16,20,22-23H,10-11,13H2,1H3/b19-18-. The molecule has 0 saturated carbocycles. The van der Waals surface area contributed by atoms with Gasteiger partial charge < -0.3 is 15.7 Å². The van der Waals surface area contributed by atoms with Crippen LogP contribution >= 0.6 is 0 Å². The summed E-state index contributed by atoms with van der Waals surface area (Å²) in [6, 6.07) is 16.6. The normalized spacial score (nSPS) is 22.3. The molecule has 4 heteroatoms. The van der Waals surface area contributed by atoms with Gasteiger partial charge in [0.15, 0.2) is 0 Å². The monoisotopic (exact) mass is 309 g/mol. The molecule has 2 atom stereocenters. The first-order chi connectivity index (χ1) is 11.3. The zero-order chi connectivity index (χ0) is 16.1. The number of aliphatic hydroxyl groups is 1. The summed E-state index contributed by atoms with van der Waals surface area (Å²) in [5, 5.41) is 17.3. The Hall–Kier alpha value is -2.33. The SMILES string of the molecule is CN/C(=C(\O)C1CCC(c2ccccc2)NC1)c1ccccn1. The zero-order valence-electron chi connectivity index (χ0n) is 13.4. The molecular weight excluding hydrogens is 286 g/mol. The summed E-state index contributed by atoms with van der Waals surface area (Å²) in [5.41, 5.74) is 2.81. The third-order valence-corrected chi connectivity index (χ3v) is 4.43. The summed E-state index contributed by atoms with van der Waals surface area (Å²) in [4.78, 5) is 4.33. The van der Waals surface area contributed by atoms with Gasteiger partial charge >= 0.3 is 0 Å². The molecule has 1 fully saturated rings. The minimum atomic E-state index is 0.111. The Kier molecular flexibility index (Phi) is 4.93. The highest BCUT2D eigenvalue weighted by Gasteiger charge is 2.26. The Morgan fingerprint density at radius 2 is 1.91 bits per heavy atom. The summed E-state index contributed by atoms with van der Waals surface area (Å²) in [6.07, 6.45) is 3.71. The van der Waals surface area contributed by atoms with Crippen LogP contribution in [-0.2, 0) is 0 Å². The number of aliphatic hydroxyl groups excluding tert-OH is 1. The molecule has 0 amide bonds. The minimum Gasteiger partial charge on any atom is -0.510 e. The molecule has 4 nitrogen and oxygen atoms in total. The average molecular weight is 309 g/mol. The highest BCUT2D eigenvalue weighted by molar-refractivity contribution is 5.62. The summed E-state index contributed by atoms with van der Waals surface area (Å²) in [5.74, 6) is 0.504. The number of nitrogens with one attached hydrogen (secondary N) is 2. The van der Waals surface area contributed by atoms with Gasteiger partial charge in [-0.2, -0.15) is 0 Å². The van der Waals surface area contributed by atoms with Gasteiger partial charge in [0.2, 0.25) is 0 Å². The second-order valence-corrected chi connectivity index (χ2v) is 5.87. The molecule has 23 heavy (non-hydrogen) atoms. The molecule has 2 heterocycles. The molecule has 0 spiro atoms. The molecule has 1 aliphatic heterocycles. The van der Waals surface area contributed by atoms with Crippen LogP contribution in [0, 0.1) is 5.92 Å². The van der Waals surface area contributed by atoms with Crippen molar-refractivity contribution in [1.29, 1.82) is 0 Å². The average Bonchev–Trinajstić information content (AvgIpc) is 2.64. The Morgan fingerprint density at radius 3 is 2.52 bits per heavy atom. The van der Waals surface area contributed by atoms with Crippen LogP contribution in [0.1, 0.15) is 30.1 Å². The number of hydrogen-bond donors (Lipinski definition) is 3.